The van der Waals surface area contributed by atoms with Crippen molar-refractivity contribution in [3.8, 4) is 5.75 Å². The van der Waals surface area contributed by atoms with E-state index in [1.165, 1.54) is 12.1 Å². The quantitative estimate of drug-likeness (QED) is 0.267. The van der Waals surface area contributed by atoms with Crippen molar-refractivity contribution < 1.29 is 13.5 Å². The van der Waals surface area contributed by atoms with Gasteiger partial charge < -0.3 is 19.8 Å². The fourth-order valence-electron chi connectivity index (χ4n) is 2.11. The number of ether oxygens (including phenoxy) is 1. The second kappa shape index (κ2) is 11.1. The third-order valence-electron chi connectivity index (χ3n) is 3.47. The Morgan fingerprint density at radius 1 is 1.30 bits per heavy atom. The van der Waals surface area contributed by atoms with Crippen molar-refractivity contribution in [2.75, 3.05) is 19.7 Å². The number of aliphatic imine (C=N–C) groups is 1. The molecule has 6 nitrogen and oxygen atoms in total. The molecule has 0 fully saturated rings. The Bertz CT molecular complexity index is 728. The van der Waals surface area contributed by atoms with Crippen LogP contribution in [0.4, 0.5) is 4.39 Å². The average molecular weight is 490 g/mol. The standard InChI is InChI=1S/C19H27FN4O2.HI/c1-5-21-18(22-9-10-25-15-8-6-7-14(20)11-15)24-13-17-23-12-16(26-17)19(2,3)4;/h6-8,11-12H,5,9-10,13H2,1-4H3,(H2,21,22,24);1H. The van der Waals surface area contributed by atoms with Crippen LogP contribution in [0.1, 0.15) is 39.3 Å². The van der Waals surface area contributed by atoms with Crippen molar-refractivity contribution in [3.05, 3.63) is 47.9 Å². The van der Waals surface area contributed by atoms with Gasteiger partial charge in [-0.05, 0) is 19.1 Å². The van der Waals surface area contributed by atoms with E-state index in [0.29, 0.717) is 37.3 Å². The number of hydrogen-bond acceptors (Lipinski definition) is 4. The fourth-order valence-corrected chi connectivity index (χ4v) is 2.11. The third kappa shape index (κ3) is 8.15. The highest BCUT2D eigenvalue weighted by atomic mass is 127. The van der Waals surface area contributed by atoms with Crippen LogP contribution in [0.3, 0.4) is 0 Å². The molecule has 2 aromatic rings. The summed E-state index contributed by atoms with van der Waals surface area (Å²) in [7, 11) is 0. The van der Waals surface area contributed by atoms with Gasteiger partial charge in [-0.3, -0.25) is 0 Å². The minimum absolute atomic E-state index is 0. The molecule has 1 aromatic carbocycles. The number of aromatic nitrogens is 1. The van der Waals surface area contributed by atoms with Crippen molar-refractivity contribution in [1.82, 2.24) is 15.6 Å². The van der Waals surface area contributed by atoms with E-state index in [4.69, 9.17) is 9.15 Å². The predicted octanol–water partition coefficient (Wildman–Crippen LogP) is 3.86. The summed E-state index contributed by atoms with van der Waals surface area (Å²) in [6.07, 6.45) is 1.75. The van der Waals surface area contributed by atoms with Crippen molar-refractivity contribution >= 4 is 29.9 Å². The number of nitrogens with one attached hydrogen (secondary N) is 2. The molecular weight excluding hydrogens is 462 g/mol. The molecule has 0 unspecified atom stereocenters. The Labute approximate surface area is 177 Å². The molecule has 2 N–H and O–H groups in total. The van der Waals surface area contributed by atoms with Crippen LogP contribution in [0.5, 0.6) is 5.75 Å². The summed E-state index contributed by atoms with van der Waals surface area (Å²) in [6, 6.07) is 6.08. The van der Waals surface area contributed by atoms with Crippen molar-refractivity contribution in [2.24, 2.45) is 4.99 Å². The highest BCUT2D eigenvalue weighted by Crippen LogP contribution is 2.22. The summed E-state index contributed by atoms with van der Waals surface area (Å²) < 4.78 is 24.3. The van der Waals surface area contributed by atoms with Crippen LogP contribution in [-0.4, -0.2) is 30.6 Å². The number of oxazole rings is 1. The first-order valence-corrected chi connectivity index (χ1v) is 8.74. The number of guanidine groups is 1. The molecule has 0 saturated heterocycles. The van der Waals surface area contributed by atoms with Crippen LogP contribution in [0.15, 0.2) is 39.9 Å². The van der Waals surface area contributed by atoms with Gasteiger partial charge in [-0.15, -0.1) is 24.0 Å². The van der Waals surface area contributed by atoms with Crippen molar-refractivity contribution in [2.45, 2.75) is 39.7 Å². The Kier molecular flexibility index (Phi) is 9.54. The van der Waals surface area contributed by atoms with Gasteiger partial charge in [-0.2, -0.15) is 0 Å². The van der Waals surface area contributed by atoms with E-state index in [-0.39, 0.29) is 35.2 Å². The lowest BCUT2D eigenvalue weighted by molar-refractivity contribution is 0.320. The molecular formula is C19H28FIN4O2. The van der Waals surface area contributed by atoms with Gasteiger partial charge in [0.25, 0.3) is 0 Å². The number of rotatable bonds is 7. The molecule has 0 saturated carbocycles. The van der Waals surface area contributed by atoms with Crippen LogP contribution >= 0.6 is 24.0 Å². The summed E-state index contributed by atoms with van der Waals surface area (Å²) in [4.78, 5) is 8.73. The zero-order valence-electron chi connectivity index (χ0n) is 16.2. The molecule has 8 heteroatoms. The van der Waals surface area contributed by atoms with Crippen LogP contribution in [0.25, 0.3) is 0 Å². The van der Waals surface area contributed by atoms with Gasteiger partial charge in [0.05, 0.1) is 12.7 Å². The monoisotopic (exact) mass is 490 g/mol. The second-order valence-corrected chi connectivity index (χ2v) is 6.80. The smallest absolute Gasteiger partial charge is 0.216 e. The van der Waals surface area contributed by atoms with Crippen molar-refractivity contribution in [1.29, 1.82) is 0 Å². The molecule has 27 heavy (non-hydrogen) atoms. The van der Waals surface area contributed by atoms with Gasteiger partial charge >= 0.3 is 0 Å². The van der Waals surface area contributed by atoms with E-state index < -0.39 is 0 Å². The van der Waals surface area contributed by atoms with Crippen LogP contribution in [0.2, 0.25) is 0 Å². The fraction of sp³-hybridized carbons (Fsp3) is 0.474. The average Bonchev–Trinajstić information content (AvgIpc) is 3.06. The Hall–Kier alpha value is -1.84. The second-order valence-electron chi connectivity index (χ2n) is 6.80. The maximum atomic E-state index is 13.1. The molecule has 1 aromatic heterocycles. The number of halogens is 2. The van der Waals surface area contributed by atoms with E-state index in [1.807, 2.05) is 6.92 Å². The molecule has 0 aliphatic rings. The van der Waals surface area contributed by atoms with Crippen LogP contribution < -0.4 is 15.4 Å². The lowest BCUT2D eigenvalue weighted by Gasteiger charge is -2.13. The number of nitrogens with zero attached hydrogens (tertiary/aromatic N) is 2. The summed E-state index contributed by atoms with van der Waals surface area (Å²) in [5.41, 5.74) is -0.0774. The summed E-state index contributed by atoms with van der Waals surface area (Å²) >= 11 is 0. The largest absolute Gasteiger partial charge is 0.492 e. The van der Waals surface area contributed by atoms with Gasteiger partial charge in [0.2, 0.25) is 5.89 Å². The van der Waals surface area contributed by atoms with Gasteiger partial charge in [0, 0.05) is 18.0 Å². The van der Waals surface area contributed by atoms with Crippen LogP contribution in [-0.2, 0) is 12.0 Å². The molecule has 150 valence electrons. The van der Waals surface area contributed by atoms with Gasteiger partial charge in [-0.1, -0.05) is 26.8 Å². The molecule has 0 spiro atoms. The summed E-state index contributed by atoms with van der Waals surface area (Å²) in [5.74, 6) is 2.24. The summed E-state index contributed by atoms with van der Waals surface area (Å²) in [6.45, 7) is 10.2. The highest BCUT2D eigenvalue weighted by Gasteiger charge is 2.18. The van der Waals surface area contributed by atoms with E-state index in [1.54, 1.807) is 18.3 Å². The maximum Gasteiger partial charge on any atom is 0.216 e. The minimum Gasteiger partial charge on any atom is -0.492 e. The Morgan fingerprint density at radius 2 is 2.07 bits per heavy atom. The first-order valence-electron chi connectivity index (χ1n) is 8.74. The normalized spacial score (nSPS) is 11.7. The molecule has 2 rings (SSSR count). The molecule has 1 heterocycles. The first kappa shape index (κ1) is 23.2. The molecule has 0 atom stereocenters. The molecule has 0 radical (unpaired) electrons. The van der Waals surface area contributed by atoms with Crippen molar-refractivity contribution in [3.63, 3.8) is 0 Å². The third-order valence-corrected chi connectivity index (χ3v) is 3.47. The number of hydrogen-bond donors (Lipinski definition) is 2. The van der Waals surface area contributed by atoms with E-state index in [9.17, 15) is 4.39 Å². The van der Waals surface area contributed by atoms with Gasteiger partial charge in [-0.25, -0.2) is 14.4 Å². The maximum absolute atomic E-state index is 13.1. The lowest BCUT2D eigenvalue weighted by Crippen LogP contribution is -2.39. The molecule has 0 amide bonds. The van der Waals surface area contributed by atoms with E-state index >= 15 is 0 Å². The Morgan fingerprint density at radius 3 is 2.70 bits per heavy atom. The predicted molar refractivity (Wildman–Crippen MR) is 115 cm³/mol. The van der Waals surface area contributed by atoms with E-state index in [0.717, 1.165) is 12.3 Å². The van der Waals surface area contributed by atoms with Gasteiger partial charge in [0.15, 0.2) is 5.96 Å². The topological polar surface area (TPSA) is 71.7 Å². The molecule has 0 aliphatic carbocycles. The van der Waals surface area contributed by atoms with E-state index in [2.05, 4.69) is 41.4 Å². The first-order chi connectivity index (χ1) is 12.4. The molecule has 0 aliphatic heterocycles. The van der Waals surface area contributed by atoms with Gasteiger partial charge in [0.1, 0.15) is 30.5 Å². The lowest BCUT2D eigenvalue weighted by atomic mass is 9.94. The Balaban J connectivity index is 0.00000364. The highest BCUT2D eigenvalue weighted by molar-refractivity contribution is 14.0. The molecule has 0 bridgehead atoms. The summed E-state index contributed by atoms with van der Waals surface area (Å²) in [5, 5.41) is 6.32. The zero-order valence-corrected chi connectivity index (χ0v) is 18.5. The number of benzene rings is 1. The van der Waals surface area contributed by atoms with Crippen LogP contribution in [0, 0.1) is 5.82 Å². The SMILES string of the molecule is CCNC(=NCc1ncc(C(C)(C)C)o1)NCCOc1cccc(F)c1.I. The zero-order chi connectivity index (χ0) is 19.0. The minimum atomic E-state index is -0.314.